The van der Waals surface area contributed by atoms with E-state index < -0.39 is 8.07 Å². The van der Waals surface area contributed by atoms with Crippen LogP contribution in [0.3, 0.4) is 0 Å². The van der Waals surface area contributed by atoms with Crippen molar-refractivity contribution in [2.75, 3.05) is 19.4 Å². The number of hydrogen-bond acceptors (Lipinski definition) is 2. The Morgan fingerprint density at radius 2 is 1.83 bits per heavy atom. The van der Waals surface area contributed by atoms with Gasteiger partial charge in [-0.15, -0.1) is 0 Å². The Kier molecular flexibility index (Phi) is 6.99. The zero-order valence-corrected chi connectivity index (χ0v) is 8.02. The van der Waals surface area contributed by atoms with Gasteiger partial charge in [0, 0.05) is 6.23 Å². The van der Waals surface area contributed by atoms with Crippen molar-refractivity contribution in [1.82, 2.24) is 0 Å². The molecule has 0 N–H and O–H groups in total. The first kappa shape index (κ1) is 14.6. The molecule has 1 fully saturated rings. The fourth-order valence-corrected chi connectivity index (χ4v) is 1.39. The van der Waals surface area contributed by atoms with E-state index in [9.17, 15) is 0 Å². The molecule has 1 rings (SSSR count). The van der Waals surface area contributed by atoms with E-state index in [2.05, 4.69) is 19.6 Å². The summed E-state index contributed by atoms with van der Waals surface area (Å²) in [6.45, 7) is 8.64. The molecule has 1 aliphatic rings. The van der Waals surface area contributed by atoms with Crippen LogP contribution >= 0.6 is 0 Å². The van der Waals surface area contributed by atoms with E-state index in [4.69, 9.17) is 9.47 Å². The first-order valence-electron chi connectivity index (χ1n) is 3.77. The first-order chi connectivity index (χ1) is 4.58. The predicted molar refractivity (Wildman–Crippen MR) is 57.4 cm³/mol. The maximum atomic E-state index is 5.46. The normalized spacial score (nSPS) is 20.8. The Hall–Kier alpha value is 0.137. The van der Waals surface area contributed by atoms with Crippen molar-refractivity contribution in [3.05, 3.63) is 0 Å². The van der Waals surface area contributed by atoms with Crippen LogP contribution in [0.1, 0.15) is 14.9 Å². The van der Waals surface area contributed by atoms with E-state index in [0.717, 1.165) is 19.4 Å². The second kappa shape index (κ2) is 5.73. The minimum Gasteiger partial charge on any atom is -0.382 e. The van der Waals surface area contributed by atoms with Crippen molar-refractivity contribution >= 4 is 8.07 Å². The van der Waals surface area contributed by atoms with E-state index >= 15 is 0 Å². The molecule has 0 aromatic heterocycles. The topological polar surface area (TPSA) is 21.8 Å². The predicted octanol–water partition coefficient (Wildman–Crippen LogP) is 2.55. The zero-order valence-electron chi connectivity index (χ0n) is 7.02. The van der Waals surface area contributed by atoms with Gasteiger partial charge in [0.25, 0.3) is 0 Å². The minimum absolute atomic E-state index is 0. The van der Waals surface area contributed by atoms with E-state index in [1.807, 2.05) is 0 Å². The fraction of sp³-hybridized carbons (Fsp3) is 1.00. The average molecular weight is 192 g/mol. The average Bonchev–Trinajstić information content (AvgIpc) is 2.45. The summed E-state index contributed by atoms with van der Waals surface area (Å²) in [4.78, 5) is 0. The lowest BCUT2D eigenvalue weighted by Gasteiger charge is -2.14. The molecule has 0 aromatic carbocycles. The molecule has 1 atom stereocenters. The highest BCUT2D eigenvalue weighted by atomic mass is 28.3. The van der Waals surface area contributed by atoms with Crippen LogP contribution in [-0.4, -0.2) is 33.6 Å². The summed E-state index contributed by atoms with van der Waals surface area (Å²) in [6.07, 6.45) is 1.39. The highest BCUT2D eigenvalue weighted by Crippen LogP contribution is 2.09. The van der Waals surface area contributed by atoms with Crippen LogP contribution in [0.5, 0.6) is 0 Å². The third kappa shape index (κ3) is 8.24. The van der Waals surface area contributed by atoms with Gasteiger partial charge in [-0.25, -0.2) is 0 Å². The molecule has 0 aliphatic carbocycles. The van der Waals surface area contributed by atoms with Gasteiger partial charge in [-0.3, -0.25) is 0 Å². The second-order valence-electron chi connectivity index (χ2n) is 4.03. The smallest absolute Gasteiger partial charge is 0.104 e. The molecule has 1 unspecified atom stereocenters. The summed E-state index contributed by atoms with van der Waals surface area (Å²) < 4.78 is 10.5. The molecule has 0 radical (unpaired) electrons. The van der Waals surface area contributed by atoms with Gasteiger partial charge in [-0.05, 0) is 0 Å². The van der Waals surface area contributed by atoms with E-state index in [-0.39, 0.29) is 14.9 Å². The molecule has 1 aliphatic heterocycles. The van der Waals surface area contributed by atoms with Crippen LogP contribution in [0.25, 0.3) is 0 Å². The number of hydrogen-bond donors (Lipinski definition) is 0. The Morgan fingerprint density at radius 3 is 2.17 bits per heavy atom. The van der Waals surface area contributed by atoms with Crippen molar-refractivity contribution in [3.8, 4) is 0 Å². The number of epoxide rings is 1. The Morgan fingerprint density at radius 1 is 1.33 bits per heavy atom. The van der Waals surface area contributed by atoms with Gasteiger partial charge < -0.3 is 9.47 Å². The van der Waals surface area contributed by atoms with Gasteiger partial charge in [-0.2, -0.15) is 0 Å². The van der Waals surface area contributed by atoms with Crippen molar-refractivity contribution in [2.24, 2.45) is 0 Å². The lowest BCUT2D eigenvalue weighted by molar-refractivity contribution is 0.150. The molecule has 1 saturated heterocycles. The lowest BCUT2D eigenvalue weighted by Crippen LogP contribution is -2.29. The minimum atomic E-state index is -0.974. The maximum Gasteiger partial charge on any atom is 0.104 e. The third-order valence-corrected chi connectivity index (χ3v) is 2.31. The maximum absolute atomic E-state index is 5.46. The quantitative estimate of drug-likeness (QED) is 0.504. The van der Waals surface area contributed by atoms with Gasteiger partial charge in [0.2, 0.25) is 0 Å². The zero-order chi connectivity index (χ0) is 7.61. The molecule has 0 spiro atoms. The van der Waals surface area contributed by atoms with Crippen molar-refractivity contribution in [2.45, 2.75) is 40.6 Å². The number of ether oxygens (including phenoxy) is 2. The molecule has 3 heteroatoms. The summed E-state index contributed by atoms with van der Waals surface area (Å²) in [5, 5.41) is 0. The Balaban J connectivity index is 0. The van der Waals surface area contributed by atoms with Crippen LogP contribution in [0.2, 0.25) is 19.6 Å². The Bertz CT molecular complexity index is 106. The largest absolute Gasteiger partial charge is 0.382 e. The third-order valence-electron chi connectivity index (χ3n) is 1.24. The van der Waals surface area contributed by atoms with E-state index in [0.29, 0.717) is 6.10 Å². The summed E-state index contributed by atoms with van der Waals surface area (Å²) in [7, 11) is -0.974. The number of rotatable bonds is 4. The van der Waals surface area contributed by atoms with Crippen LogP contribution in [0.4, 0.5) is 0 Å². The summed E-state index contributed by atoms with van der Waals surface area (Å²) >= 11 is 0. The molecule has 1 heterocycles. The molecule has 12 heavy (non-hydrogen) atoms. The first-order valence-corrected chi connectivity index (χ1v) is 7.48. The van der Waals surface area contributed by atoms with Gasteiger partial charge in [-0.1, -0.05) is 34.5 Å². The summed E-state index contributed by atoms with van der Waals surface area (Å²) in [5.74, 6) is 0. The van der Waals surface area contributed by atoms with Crippen LogP contribution < -0.4 is 0 Å². The highest BCUT2D eigenvalue weighted by molar-refractivity contribution is 6.76. The fourth-order valence-electron chi connectivity index (χ4n) is 0.661. The molecule has 2 nitrogen and oxygen atoms in total. The van der Waals surface area contributed by atoms with Gasteiger partial charge in [0.05, 0.1) is 21.3 Å². The molecule has 0 amide bonds. The molecule has 0 saturated carbocycles. The van der Waals surface area contributed by atoms with E-state index in [1.165, 1.54) is 0 Å². The molecular weight excluding hydrogens is 168 g/mol. The molecule has 0 aromatic rings. The second-order valence-corrected chi connectivity index (χ2v) is 9.44. The lowest BCUT2D eigenvalue weighted by atomic mass is 10.5. The van der Waals surface area contributed by atoms with E-state index in [1.54, 1.807) is 0 Å². The standard InChI is InChI=1S/C7H16O2Si.2CH4/c1-10(2,3)6-8-4-7-5-9-7;;/h7H,4-6H2,1-3H3;2*1H4. The van der Waals surface area contributed by atoms with Crippen molar-refractivity contribution < 1.29 is 9.47 Å². The van der Waals surface area contributed by atoms with Crippen molar-refractivity contribution in [1.29, 1.82) is 0 Å². The molecule has 76 valence electrons. The van der Waals surface area contributed by atoms with Crippen molar-refractivity contribution in [3.63, 3.8) is 0 Å². The Labute approximate surface area is 78.3 Å². The summed E-state index contributed by atoms with van der Waals surface area (Å²) in [6, 6.07) is 0. The van der Waals surface area contributed by atoms with Crippen LogP contribution in [0, 0.1) is 0 Å². The molecule has 0 bridgehead atoms. The van der Waals surface area contributed by atoms with Crippen LogP contribution in [0.15, 0.2) is 0 Å². The van der Waals surface area contributed by atoms with Crippen LogP contribution in [-0.2, 0) is 9.47 Å². The van der Waals surface area contributed by atoms with Gasteiger partial charge >= 0.3 is 0 Å². The monoisotopic (exact) mass is 192 g/mol. The SMILES string of the molecule is C.C.C[Si](C)(C)COCC1CO1. The van der Waals surface area contributed by atoms with Gasteiger partial charge in [0.15, 0.2) is 0 Å². The van der Waals surface area contributed by atoms with Gasteiger partial charge in [0.1, 0.15) is 6.10 Å². The highest BCUT2D eigenvalue weighted by Gasteiger charge is 2.23. The summed E-state index contributed by atoms with van der Waals surface area (Å²) in [5.41, 5.74) is 0. The molecular formula is C9H24O2Si.